The lowest BCUT2D eigenvalue weighted by molar-refractivity contribution is 0.0389. The molecule has 5 rings (SSSR count). The molecule has 0 radical (unpaired) electrons. The number of hydrogen-bond acceptors (Lipinski definition) is 8. The molecule has 0 N–H and O–H groups in total. The third kappa shape index (κ3) is 3.39. The Labute approximate surface area is 170 Å². The van der Waals surface area contributed by atoms with E-state index in [9.17, 15) is 4.79 Å². The van der Waals surface area contributed by atoms with Gasteiger partial charge in [-0.1, -0.05) is 12.1 Å². The van der Waals surface area contributed by atoms with E-state index in [4.69, 9.17) is 14.7 Å². The molecular formula is C20H18N6O2S. The molecule has 3 aromatic heterocycles. The molecule has 4 heterocycles. The summed E-state index contributed by atoms with van der Waals surface area (Å²) in [5, 5.41) is 0.938. The Kier molecular flexibility index (Phi) is 4.53. The molecule has 1 aliphatic rings. The number of ether oxygens (including phenoxy) is 1. The molecule has 1 unspecified atom stereocenters. The van der Waals surface area contributed by atoms with Gasteiger partial charge in [-0.25, -0.2) is 19.9 Å². The Morgan fingerprint density at radius 3 is 2.90 bits per heavy atom. The second-order valence-corrected chi connectivity index (χ2v) is 7.82. The monoisotopic (exact) mass is 406 g/mol. The van der Waals surface area contributed by atoms with Crippen LogP contribution >= 0.6 is 11.3 Å². The number of hydrogen-bond donors (Lipinski definition) is 0. The van der Waals surface area contributed by atoms with E-state index in [0.717, 1.165) is 15.2 Å². The molecule has 8 nitrogen and oxygen atoms in total. The topological polar surface area (TPSA) is 86.0 Å². The van der Waals surface area contributed by atoms with Crippen molar-refractivity contribution in [3.05, 3.63) is 64.3 Å². The molecule has 1 atom stereocenters. The highest BCUT2D eigenvalue weighted by molar-refractivity contribution is 7.18. The lowest BCUT2D eigenvalue weighted by atomic mass is 10.2. The molecule has 1 aliphatic heterocycles. The largest absolute Gasteiger partial charge is 0.367 e. The zero-order valence-electron chi connectivity index (χ0n) is 15.7. The summed E-state index contributed by atoms with van der Waals surface area (Å²) in [5.41, 5.74) is 2.00. The lowest BCUT2D eigenvalue weighted by Gasteiger charge is -2.33. The number of thiazole rings is 1. The lowest BCUT2D eigenvalue weighted by Crippen LogP contribution is -2.41. The Morgan fingerprint density at radius 1 is 1.17 bits per heavy atom. The summed E-state index contributed by atoms with van der Waals surface area (Å²) in [6.07, 6.45) is 2.92. The molecule has 1 saturated heterocycles. The van der Waals surface area contributed by atoms with Gasteiger partial charge in [0, 0.05) is 25.9 Å². The highest BCUT2D eigenvalue weighted by atomic mass is 32.1. The molecule has 4 aromatic rings. The van der Waals surface area contributed by atoms with E-state index in [2.05, 4.69) is 20.9 Å². The van der Waals surface area contributed by atoms with Crippen molar-refractivity contribution in [3.8, 4) is 11.4 Å². The number of aromatic nitrogens is 5. The van der Waals surface area contributed by atoms with E-state index in [1.54, 1.807) is 35.2 Å². The molecular weight excluding hydrogens is 388 g/mol. The van der Waals surface area contributed by atoms with Gasteiger partial charge in [0.15, 0.2) is 0 Å². The van der Waals surface area contributed by atoms with Crippen LogP contribution in [0, 0.1) is 0 Å². The first-order valence-electron chi connectivity index (χ1n) is 9.25. The molecule has 0 bridgehead atoms. The van der Waals surface area contributed by atoms with Gasteiger partial charge in [-0.2, -0.15) is 0 Å². The van der Waals surface area contributed by atoms with Crippen LogP contribution in [0.2, 0.25) is 0 Å². The number of fused-ring (bicyclic) bond motifs is 1. The first-order chi connectivity index (χ1) is 14.2. The van der Waals surface area contributed by atoms with Gasteiger partial charge in [0.2, 0.25) is 5.95 Å². The van der Waals surface area contributed by atoms with E-state index in [1.807, 2.05) is 18.2 Å². The van der Waals surface area contributed by atoms with Crippen LogP contribution in [0.4, 0.5) is 5.95 Å². The maximum Gasteiger partial charge on any atom is 0.255 e. The van der Waals surface area contributed by atoms with Crippen molar-refractivity contribution < 1.29 is 4.74 Å². The standard InChI is InChI=1S/C20H18N6O2S/c1-25-18(27)10-15(13-6-7-21-12-22-13)24-20(25)26-8-9-28-16(11-26)19-23-14-4-2-3-5-17(14)29-19/h2-7,10,12,16H,8-9,11H2,1H3. The summed E-state index contributed by atoms with van der Waals surface area (Å²) < 4.78 is 8.70. The fourth-order valence-corrected chi connectivity index (χ4v) is 4.40. The molecule has 0 saturated carbocycles. The van der Waals surface area contributed by atoms with Crippen LogP contribution in [-0.2, 0) is 11.8 Å². The minimum Gasteiger partial charge on any atom is -0.367 e. The predicted octanol–water partition coefficient (Wildman–Crippen LogP) is 2.42. The molecule has 0 aliphatic carbocycles. The third-order valence-corrected chi connectivity index (χ3v) is 6.02. The third-order valence-electron chi connectivity index (χ3n) is 4.89. The van der Waals surface area contributed by atoms with E-state index in [1.165, 1.54) is 12.4 Å². The van der Waals surface area contributed by atoms with Crippen molar-refractivity contribution in [2.24, 2.45) is 7.05 Å². The van der Waals surface area contributed by atoms with Gasteiger partial charge in [-0.15, -0.1) is 11.3 Å². The fraction of sp³-hybridized carbons (Fsp3) is 0.250. The quantitative estimate of drug-likeness (QED) is 0.516. The molecule has 0 amide bonds. The van der Waals surface area contributed by atoms with Crippen LogP contribution in [0.3, 0.4) is 0 Å². The van der Waals surface area contributed by atoms with Crippen LogP contribution in [0.1, 0.15) is 11.1 Å². The number of benzene rings is 1. The minimum atomic E-state index is -0.166. The Balaban J connectivity index is 1.49. The number of anilines is 1. The van der Waals surface area contributed by atoms with Crippen molar-refractivity contribution in [1.82, 2.24) is 24.5 Å². The van der Waals surface area contributed by atoms with Gasteiger partial charge < -0.3 is 9.64 Å². The summed E-state index contributed by atoms with van der Waals surface area (Å²) in [6, 6.07) is 11.3. The first-order valence-corrected chi connectivity index (χ1v) is 10.1. The van der Waals surface area contributed by atoms with Gasteiger partial charge >= 0.3 is 0 Å². The Hall–Kier alpha value is -3.17. The van der Waals surface area contributed by atoms with Crippen LogP contribution in [0.25, 0.3) is 21.6 Å². The van der Waals surface area contributed by atoms with Crippen molar-refractivity contribution in [1.29, 1.82) is 0 Å². The summed E-state index contributed by atoms with van der Waals surface area (Å²) in [6.45, 7) is 1.76. The zero-order chi connectivity index (χ0) is 19.8. The summed E-state index contributed by atoms with van der Waals surface area (Å²) in [5.74, 6) is 0.598. The van der Waals surface area contributed by atoms with Crippen LogP contribution in [0.5, 0.6) is 0 Å². The van der Waals surface area contributed by atoms with E-state index < -0.39 is 0 Å². The van der Waals surface area contributed by atoms with Crippen molar-refractivity contribution >= 4 is 27.5 Å². The highest BCUT2D eigenvalue weighted by Crippen LogP contribution is 2.31. The minimum absolute atomic E-state index is 0.133. The number of para-hydroxylation sites is 1. The zero-order valence-corrected chi connectivity index (χ0v) is 16.5. The molecule has 29 heavy (non-hydrogen) atoms. The molecule has 9 heteroatoms. The molecule has 0 spiro atoms. The van der Waals surface area contributed by atoms with Gasteiger partial charge in [0.1, 0.15) is 17.4 Å². The number of nitrogens with zero attached hydrogens (tertiary/aromatic N) is 6. The Bertz CT molecular complexity index is 1190. The maximum absolute atomic E-state index is 12.6. The summed E-state index contributed by atoms with van der Waals surface area (Å²) >= 11 is 1.64. The first kappa shape index (κ1) is 17.9. The van der Waals surface area contributed by atoms with E-state index in [0.29, 0.717) is 37.0 Å². The van der Waals surface area contributed by atoms with Gasteiger partial charge in [0.05, 0.1) is 34.8 Å². The normalized spacial score (nSPS) is 17.0. The van der Waals surface area contributed by atoms with Gasteiger partial charge in [-0.05, 0) is 18.2 Å². The molecule has 1 aromatic carbocycles. The second-order valence-electron chi connectivity index (χ2n) is 6.76. The SMILES string of the molecule is Cn1c(N2CCOC(c3nc4ccccc4s3)C2)nc(-c2ccncn2)cc1=O. The average molecular weight is 406 g/mol. The average Bonchev–Trinajstić information content (AvgIpc) is 3.21. The van der Waals surface area contributed by atoms with Crippen molar-refractivity contribution in [2.75, 3.05) is 24.6 Å². The maximum atomic E-state index is 12.6. The van der Waals surface area contributed by atoms with Gasteiger partial charge in [0.25, 0.3) is 5.56 Å². The summed E-state index contributed by atoms with van der Waals surface area (Å²) in [7, 11) is 1.73. The van der Waals surface area contributed by atoms with Crippen molar-refractivity contribution in [2.45, 2.75) is 6.10 Å². The van der Waals surface area contributed by atoms with Crippen molar-refractivity contribution in [3.63, 3.8) is 0 Å². The number of rotatable bonds is 3. The highest BCUT2D eigenvalue weighted by Gasteiger charge is 2.27. The van der Waals surface area contributed by atoms with Crippen LogP contribution in [-0.4, -0.2) is 44.2 Å². The smallest absolute Gasteiger partial charge is 0.255 e. The second kappa shape index (κ2) is 7.34. The van der Waals surface area contributed by atoms with E-state index >= 15 is 0 Å². The fourth-order valence-electron chi connectivity index (χ4n) is 3.39. The van der Waals surface area contributed by atoms with Gasteiger partial charge in [-0.3, -0.25) is 9.36 Å². The predicted molar refractivity (Wildman–Crippen MR) is 111 cm³/mol. The Morgan fingerprint density at radius 2 is 2.07 bits per heavy atom. The van der Waals surface area contributed by atoms with Crippen LogP contribution in [0.15, 0.2) is 53.7 Å². The summed E-state index contributed by atoms with van der Waals surface area (Å²) in [4.78, 5) is 32.2. The van der Waals surface area contributed by atoms with E-state index in [-0.39, 0.29) is 11.7 Å². The molecule has 146 valence electrons. The number of morpholine rings is 1. The van der Waals surface area contributed by atoms with Crippen LogP contribution < -0.4 is 10.5 Å². The molecule has 1 fully saturated rings.